The molecule has 0 saturated carbocycles. The Balaban J connectivity index is 1.95. The Kier molecular flexibility index (Phi) is 5.46. The Bertz CT molecular complexity index is 942. The molecule has 1 heterocycles. The standard InChI is InChI=1S/C19H17ClN2O2S/c1-25(24)9-8-22-19(23)14-2-3-15-11-21-12-18(17(15)10-14)13-4-6-16(20)7-5-13/h2-7,10-12H,8-9H2,1H3,(H,22,23). The Labute approximate surface area is 153 Å². The largest absolute Gasteiger partial charge is 0.351 e. The van der Waals surface area contributed by atoms with E-state index in [-0.39, 0.29) is 5.91 Å². The van der Waals surface area contributed by atoms with Crippen molar-refractivity contribution in [2.45, 2.75) is 0 Å². The summed E-state index contributed by atoms with van der Waals surface area (Å²) in [5, 5.41) is 5.37. The molecule has 1 N–H and O–H groups in total. The van der Waals surface area contributed by atoms with Gasteiger partial charge in [-0.15, -0.1) is 0 Å². The average Bonchev–Trinajstić information content (AvgIpc) is 2.61. The van der Waals surface area contributed by atoms with Crippen LogP contribution in [0.3, 0.4) is 0 Å². The normalized spacial score (nSPS) is 12.1. The molecule has 0 aliphatic carbocycles. The summed E-state index contributed by atoms with van der Waals surface area (Å²) >= 11 is 5.96. The second-order valence-corrected chi connectivity index (χ2v) is 7.65. The van der Waals surface area contributed by atoms with Crippen LogP contribution in [0.5, 0.6) is 0 Å². The molecular formula is C19H17ClN2O2S. The first-order valence-electron chi connectivity index (χ1n) is 7.76. The maximum atomic E-state index is 12.3. The minimum Gasteiger partial charge on any atom is -0.351 e. The highest BCUT2D eigenvalue weighted by atomic mass is 35.5. The third-order valence-corrected chi connectivity index (χ3v) is 4.88. The van der Waals surface area contributed by atoms with E-state index in [9.17, 15) is 9.00 Å². The number of benzene rings is 2. The van der Waals surface area contributed by atoms with Gasteiger partial charge in [0.05, 0.1) is 0 Å². The molecule has 1 aromatic heterocycles. The van der Waals surface area contributed by atoms with Crippen LogP contribution < -0.4 is 5.32 Å². The molecule has 1 amide bonds. The first-order chi connectivity index (χ1) is 12.0. The molecule has 0 aliphatic rings. The number of amides is 1. The smallest absolute Gasteiger partial charge is 0.251 e. The summed E-state index contributed by atoms with van der Waals surface area (Å²) in [7, 11) is -0.925. The van der Waals surface area contributed by atoms with Crippen LogP contribution in [0, 0.1) is 0 Å². The lowest BCUT2D eigenvalue weighted by atomic mass is 9.99. The molecule has 3 rings (SSSR count). The molecule has 4 nitrogen and oxygen atoms in total. The lowest BCUT2D eigenvalue weighted by Gasteiger charge is -2.09. The minimum absolute atomic E-state index is 0.175. The summed E-state index contributed by atoms with van der Waals surface area (Å²) in [5.74, 6) is 0.269. The van der Waals surface area contributed by atoms with Gasteiger partial charge in [-0.05, 0) is 35.2 Å². The van der Waals surface area contributed by atoms with E-state index in [1.165, 1.54) is 0 Å². The highest BCUT2D eigenvalue weighted by Gasteiger charge is 2.10. The zero-order valence-electron chi connectivity index (χ0n) is 13.7. The Morgan fingerprint density at radius 1 is 1.16 bits per heavy atom. The molecule has 2 aromatic carbocycles. The zero-order chi connectivity index (χ0) is 17.8. The van der Waals surface area contributed by atoms with E-state index in [4.69, 9.17) is 11.6 Å². The van der Waals surface area contributed by atoms with Crippen LogP contribution in [0.1, 0.15) is 10.4 Å². The highest BCUT2D eigenvalue weighted by Crippen LogP contribution is 2.29. The van der Waals surface area contributed by atoms with Gasteiger partial charge in [-0.1, -0.05) is 29.8 Å². The van der Waals surface area contributed by atoms with Gasteiger partial charge >= 0.3 is 0 Å². The summed E-state index contributed by atoms with van der Waals surface area (Å²) in [6.45, 7) is 0.389. The second kappa shape index (κ2) is 7.76. The van der Waals surface area contributed by atoms with E-state index in [2.05, 4.69) is 10.3 Å². The number of aromatic nitrogens is 1. The van der Waals surface area contributed by atoms with E-state index in [1.54, 1.807) is 24.7 Å². The number of pyridine rings is 1. The maximum Gasteiger partial charge on any atom is 0.251 e. The molecule has 1 atom stereocenters. The van der Waals surface area contributed by atoms with Gasteiger partial charge in [-0.2, -0.15) is 0 Å². The lowest BCUT2D eigenvalue weighted by Crippen LogP contribution is -2.27. The number of fused-ring (bicyclic) bond motifs is 1. The van der Waals surface area contributed by atoms with Gasteiger partial charge in [-0.25, -0.2) is 0 Å². The Morgan fingerprint density at radius 3 is 2.64 bits per heavy atom. The van der Waals surface area contributed by atoms with Crippen molar-refractivity contribution >= 4 is 39.1 Å². The molecule has 1 unspecified atom stereocenters. The maximum absolute atomic E-state index is 12.3. The van der Waals surface area contributed by atoms with Crippen molar-refractivity contribution in [2.24, 2.45) is 0 Å². The predicted molar refractivity (Wildman–Crippen MR) is 103 cm³/mol. The number of nitrogens with zero attached hydrogens (tertiary/aromatic N) is 1. The minimum atomic E-state index is -0.925. The van der Waals surface area contributed by atoms with Gasteiger partial charge in [0.2, 0.25) is 0 Å². The van der Waals surface area contributed by atoms with Crippen LogP contribution in [0.4, 0.5) is 0 Å². The van der Waals surface area contributed by atoms with Gasteiger partial charge < -0.3 is 5.32 Å². The average molecular weight is 373 g/mol. The predicted octanol–water partition coefficient (Wildman–Crippen LogP) is 3.66. The van der Waals surface area contributed by atoms with Crippen molar-refractivity contribution in [1.29, 1.82) is 0 Å². The van der Waals surface area contributed by atoms with Crippen molar-refractivity contribution < 1.29 is 9.00 Å². The van der Waals surface area contributed by atoms with Crippen molar-refractivity contribution in [2.75, 3.05) is 18.6 Å². The van der Waals surface area contributed by atoms with Crippen LogP contribution >= 0.6 is 11.6 Å². The number of nitrogens with one attached hydrogen (secondary N) is 1. The molecule has 0 fully saturated rings. The van der Waals surface area contributed by atoms with Crippen molar-refractivity contribution in [3.8, 4) is 11.1 Å². The molecular weight excluding hydrogens is 356 g/mol. The van der Waals surface area contributed by atoms with Crippen molar-refractivity contribution in [1.82, 2.24) is 10.3 Å². The van der Waals surface area contributed by atoms with Crippen LogP contribution in [-0.4, -0.2) is 33.7 Å². The molecule has 0 spiro atoms. The quantitative estimate of drug-likeness (QED) is 0.743. The SMILES string of the molecule is CS(=O)CCNC(=O)c1ccc2cncc(-c3ccc(Cl)cc3)c2c1. The number of halogens is 1. The van der Waals surface area contributed by atoms with Crippen LogP contribution in [0.15, 0.2) is 54.9 Å². The fourth-order valence-corrected chi connectivity index (χ4v) is 3.09. The number of hydrogen-bond donors (Lipinski definition) is 1. The topological polar surface area (TPSA) is 59.1 Å². The first kappa shape index (κ1) is 17.6. The molecule has 0 radical (unpaired) electrons. The lowest BCUT2D eigenvalue weighted by molar-refractivity contribution is 0.0956. The number of hydrogen-bond acceptors (Lipinski definition) is 3. The Morgan fingerprint density at radius 2 is 1.92 bits per heavy atom. The molecule has 0 saturated heterocycles. The second-order valence-electron chi connectivity index (χ2n) is 5.66. The van der Waals surface area contributed by atoms with Gasteiger partial charge in [0.25, 0.3) is 5.91 Å². The molecule has 3 aromatic rings. The van der Waals surface area contributed by atoms with Crippen LogP contribution in [-0.2, 0) is 10.8 Å². The van der Waals surface area contributed by atoms with Gasteiger partial charge in [0.1, 0.15) is 0 Å². The third-order valence-electron chi connectivity index (χ3n) is 3.85. The van der Waals surface area contributed by atoms with Crippen LogP contribution in [0.2, 0.25) is 5.02 Å². The van der Waals surface area contributed by atoms with E-state index in [0.717, 1.165) is 21.9 Å². The highest BCUT2D eigenvalue weighted by molar-refractivity contribution is 7.84. The van der Waals surface area contributed by atoms with Gasteiger partial charge in [0, 0.05) is 63.3 Å². The monoisotopic (exact) mass is 372 g/mol. The number of rotatable bonds is 5. The summed E-state index contributed by atoms with van der Waals surface area (Å²) < 4.78 is 11.1. The fourth-order valence-electron chi connectivity index (χ4n) is 2.57. The molecule has 0 bridgehead atoms. The summed E-state index contributed by atoms with van der Waals surface area (Å²) in [4.78, 5) is 16.6. The number of carbonyl (C=O) groups excluding carboxylic acids is 1. The van der Waals surface area contributed by atoms with E-state index < -0.39 is 10.8 Å². The van der Waals surface area contributed by atoms with Gasteiger partial charge in [0.15, 0.2) is 0 Å². The summed E-state index contributed by atoms with van der Waals surface area (Å²) in [5.41, 5.74) is 2.50. The molecule has 6 heteroatoms. The van der Waals surface area contributed by atoms with Crippen LogP contribution in [0.25, 0.3) is 21.9 Å². The fraction of sp³-hybridized carbons (Fsp3) is 0.158. The Hall–Kier alpha value is -2.24. The molecule has 128 valence electrons. The van der Waals surface area contributed by atoms with E-state index >= 15 is 0 Å². The molecule has 0 aliphatic heterocycles. The summed E-state index contributed by atoms with van der Waals surface area (Å²) in [6.07, 6.45) is 5.18. The van der Waals surface area contributed by atoms with Crippen molar-refractivity contribution in [3.63, 3.8) is 0 Å². The van der Waals surface area contributed by atoms with E-state index in [1.807, 2.05) is 36.4 Å². The van der Waals surface area contributed by atoms with Gasteiger partial charge in [-0.3, -0.25) is 14.0 Å². The first-order valence-corrected chi connectivity index (χ1v) is 9.87. The molecule has 25 heavy (non-hydrogen) atoms. The third kappa shape index (κ3) is 4.24. The van der Waals surface area contributed by atoms with E-state index in [0.29, 0.717) is 22.9 Å². The summed E-state index contributed by atoms with van der Waals surface area (Å²) in [6, 6.07) is 13.0. The number of carbonyl (C=O) groups is 1. The zero-order valence-corrected chi connectivity index (χ0v) is 15.2. The van der Waals surface area contributed by atoms with Crippen molar-refractivity contribution in [3.05, 3.63) is 65.4 Å².